The third-order valence-electron chi connectivity index (χ3n) is 3.25. The minimum atomic E-state index is -4.21. The Bertz CT molecular complexity index is 868. The van der Waals surface area contributed by atoms with Crippen LogP contribution in [0.5, 0.6) is 0 Å². The molecule has 0 atom stereocenters. The number of para-hydroxylation sites is 1. The first-order valence-electron chi connectivity index (χ1n) is 6.97. The Kier molecular flexibility index (Phi) is 4.88. The number of halogens is 2. The first-order valence-corrected chi connectivity index (χ1v) is 8.46. The van der Waals surface area contributed by atoms with Crippen LogP contribution in [0.2, 0.25) is 0 Å². The molecule has 128 valence electrons. The molecule has 0 fully saturated rings. The van der Waals surface area contributed by atoms with E-state index in [0.29, 0.717) is 16.8 Å². The highest BCUT2D eigenvalue weighted by Gasteiger charge is 2.23. The molecule has 0 saturated carbocycles. The number of hydrogen-bond donors (Lipinski definition) is 2. The van der Waals surface area contributed by atoms with Crippen LogP contribution in [0.4, 0.5) is 20.2 Å². The third-order valence-corrected chi connectivity index (χ3v) is 4.90. The van der Waals surface area contributed by atoms with Gasteiger partial charge in [0.05, 0.1) is 4.90 Å². The highest BCUT2D eigenvalue weighted by Crippen LogP contribution is 2.28. The Morgan fingerprint density at radius 1 is 1.04 bits per heavy atom. The topological polar surface area (TPSA) is 75.3 Å². The minimum absolute atomic E-state index is 0.0979. The van der Waals surface area contributed by atoms with Crippen molar-refractivity contribution < 1.29 is 22.0 Å². The SMILES string of the molecule is CC(=O)Nc1cc(C)c(S(=O)(=O)Nc2c(F)cccc2F)c(C)c1. The second kappa shape index (κ2) is 6.56. The summed E-state index contributed by atoms with van der Waals surface area (Å²) in [5.74, 6) is -2.32. The van der Waals surface area contributed by atoms with Crippen LogP contribution in [0.15, 0.2) is 35.2 Å². The fourth-order valence-corrected chi connectivity index (χ4v) is 3.96. The predicted molar refractivity (Wildman–Crippen MR) is 87.4 cm³/mol. The molecule has 0 bridgehead atoms. The lowest BCUT2D eigenvalue weighted by Gasteiger charge is -2.15. The van der Waals surface area contributed by atoms with Gasteiger partial charge in [-0.25, -0.2) is 17.2 Å². The summed E-state index contributed by atoms with van der Waals surface area (Å²) in [7, 11) is -4.21. The first-order chi connectivity index (χ1) is 11.1. The van der Waals surface area contributed by atoms with Crippen LogP contribution in [0, 0.1) is 25.5 Å². The lowest BCUT2D eigenvalue weighted by atomic mass is 10.1. The first kappa shape index (κ1) is 17.9. The Morgan fingerprint density at radius 3 is 2.00 bits per heavy atom. The van der Waals surface area contributed by atoms with Crippen molar-refractivity contribution in [1.82, 2.24) is 0 Å². The molecule has 0 aromatic heterocycles. The second-order valence-electron chi connectivity index (χ2n) is 5.32. The molecule has 0 heterocycles. The number of nitrogens with one attached hydrogen (secondary N) is 2. The standard InChI is InChI=1S/C16H16F2N2O3S/c1-9-7-12(19-11(3)21)8-10(2)16(9)24(22,23)20-15-13(17)5-4-6-14(15)18/h4-8,20H,1-3H3,(H,19,21). The van der Waals surface area contributed by atoms with E-state index in [0.717, 1.165) is 18.2 Å². The van der Waals surface area contributed by atoms with Gasteiger partial charge in [0, 0.05) is 12.6 Å². The normalized spacial score (nSPS) is 11.2. The third kappa shape index (κ3) is 3.70. The number of rotatable bonds is 4. The van der Waals surface area contributed by atoms with Crippen LogP contribution in [0.25, 0.3) is 0 Å². The molecule has 2 rings (SSSR count). The predicted octanol–water partition coefficient (Wildman–Crippen LogP) is 3.34. The van der Waals surface area contributed by atoms with Crippen molar-refractivity contribution in [2.24, 2.45) is 0 Å². The average Bonchev–Trinajstić information content (AvgIpc) is 2.41. The second-order valence-corrected chi connectivity index (χ2v) is 6.94. The van der Waals surface area contributed by atoms with Crippen LogP contribution in [-0.2, 0) is 14.8 Å². The van der Waals surface area contributed by atoms with Gasteiger partial charge in [0.15, 0.2) is 0 Å². The van der Waals surface area contributed by atoms with Crippen LogP contribution in [-0.4, -0.2) is 14.3 Å². The molecule has 0 aliphatic heterocycles. The summed E-state index contributed by atoms with van der Waals surface area (Å²) < 4.78 is 54.4. The molecule has 0 unspecified atom stereocenters. The van der Waals surface area contributed by atoms with Gasteiger partial charge >= 0.3 is 0 Å². The maximum absolute atomic E-state index is 13.7. The summed E-state index contributed by atoms with van der Waals surface area (Å²) in [4.78, 5) is 11.0. The average molecular weight is 354 g/mol. The number of benzene rings is 2. The van der Waals surface area contributed by atoms with Gasteiger partial charge in [-0.1, -0.05) is 6.07 Å². The van der Waals surface area contributed by atoms with Gasteiger partial charge in [-0.15, -0.1) is 0 Å². The van der Waals surface area contributed by atoms with Crippen molar-refractivity contribution >= 4 is 27.3 Å². The van der Waals surface area contributed by atoms with Crippen LogP contribution in [0.3, 0.4) is 0 Å². The monoisotopic (exact) mass is 354 g/mol. The summed E-state index contributed by atoms with van der Waals surface area (Å²) in [6, 6.07) is 6.00. The van der Waals surface area contributed by atoms with Crippen LogP contribution >= 0.6 is 0 Å². The highest BCUT2D eigenvalue weighted by atomic mass is 32.2. The zero-order valence-electron chi connectivity index (χ0n) is 13.3. The van der Waals surface area contributed by atoms with Crippen molar-refractivity contribution in [2.45, 2.75) is 25.7 Å². The van der Waals surface area contributed by atoms with E-state index in [9.17, 15) is 22.0 Å². The summed E-state index contributed by atoms with van der Waals surface area (Å²) in [6.07, 6.45) is 0. The largest absolute Gasteiger partial charge is 0.326 e. The van der Waals surface area contributed by atoms with E-state index in [-0.39, 0.29) is 10.8 Å². The zero-order valence-corrected chi connectivity index (χ0v) is 14.1. The van der Waals surface area contributed by atoms with Crippen molar-refractivity contribution in [2.75, 3.05) is 10.0 Å². The lowest BCUT2D eigenvalue weighted by Crippen LogP contribution is -2.18. The smallest absolute Gasteiger partial charge is 0.262 e. The maximum atomic E-state index is 13.7. The quantitative estimate of drug-likeness (QED) is 0.884. The molecule has 24 heavy (non-hydrogen) atoms. The number of aryl methyl sites for hydroxylation is 2. The Hall–Kier alpha value is -2.48. The van der Waals surface area contributed by atoms with E-state index in [1.54, 1.807) is 0 Å². The summed E-state index contributed by atoms with van der Waals surface area (Å²) in [6.45, 7) is 4.40. The van der Waals surface area contributed by atoms with Crippen molar-refractivity contribution in [1.29, 1.82) is 0 Å². The number of carbonyl (C=O) groups excluding carboxylic acids is 1. The van der Waals surface area contributed by atoms with Crippen molar-refractivity contribution in [3.63, 3.8) is 0 Å². The van der Waals surface area contributed by atoms with Crippen molar-refractivity contribution in [3.8, 4) is 0 Å². The van der Waals surface area contributed by atoms with E-state index in [4.69, 9.17) is 0 Å². The Morgan fingerprint density at radius 2 is 1.54 bits per heavy atom. The Labute approximate surface area is 138 Å². The molecule has 2 aromatic carbocycles. The number of anilines is 2. The molecule has 8 heteroatoms. The summed E-state index contributed by atoms with van der Waals surface area (Å²) >= 11 is 0. The van der Waals surface area contributed by atoms with Gasteiger partial charge in [-0.3, -0.25) is 9.52 Å². The zero-order chi connectivity index (χ0) is 18.1. The number of carbonyl (C=O) groups is 1. The summed E-state index contributed by atoms with van der Waals surface area (Å²) in [5, 5.41) is 2.56. The maximum Gasteiger partial charge on any atom is 0.262 e. The molecule has 0 saturated heterocycles. The van der Waals surface area contributed by atoms with E-state index >= 15 is 0 Å². The summed E-state index contributed by atoms with van der Waals surface area (Å²) in [5.41, 5.74) is 0.377. The Balaban J connectivity index is 2.48. The molecule has 2 aromatic rings. The molecule has 1 amide bonds. The molecule has 0 aliphatic rings. The van der Waals surface area contributed by atoms with Crippen LogP contribution in [0.1, 0.15) is 18.1 Å². The van der Waals surface area contributed by atoms with Crippen molar-refractivity contribution in [3.05, 3.63) is 53.1 Å². The van der Waals surface area contributed by atoms with Gasteiger partial charge in [0.2, 0.25) is 5.91 Å². The fourth-order valence-electron chi connectivity index (χ4n) is 2.43. The lowest BCUT2D eigenvalue weighted by molar-refractivity contribution is -0.114. The number of sulfonamides is 1. The van der Waals surface area contributed by atoms with E-state index in [1.807, 2.05) is 4.72 Å². The molecular formula is C16H16F2N2O3S. The molecule has 0 spiro atoms. The number of amides is 1. The van der Waals surface area contributed by atoms with E-state index in [2.05, 4.69) is 5.32 Å². The van der Waals surface area contributed by atoms with Gasteiger partial charge in [-0.05, 0) is 49.2 Å². The van der Waals surface area contributed by atoms with Gasteiger partial charge in [0.25, 0.3) is 10.0 Å². The van der Waals surface area contributed by atoms with Crippen LogP contribution < -0.4 is 10.0 Å². The molecular weight excluding hydrogens is 338 g/mol. The van der Waals surface area contributed by atoms with E-state index in [1.165, 1.54) is 32.9 Å². The molecule has 5 nitrogen and oxygen atoms in total. The molecule has 0 radical (unpaired) electrons. The number of hydrogen-bond acceptors (Lipinski definition) is 3. The fraction of sp³-hybridized carbons (Fsp3) is 0.188. The van der Waals surface area contributed by atoms with Gasteiger partial charge in [0.1, 0.15) is 17.3 Å². The molecule has 2 N–H and O–H groups in total. The van der Waals surface area contributed by atoms with E-state index < -0.39 is 27.3 Å². The highest BCUT2D eigenvalue weighted by molar-refractivity contribution is 7.92. The van der Waals surface area contributed by atoms with Gasteiger partial charge in [-0.2, -0.15) is 0 Å². The van der Waals surface area contributed by atoms with Gasteiger partial charge < -0.3 is 5.32 Å². The molecule has 0 aliphatic carbocycles. The minimum Gasteiger partial charge on any atom is -0.326 e.